The van der Waals surface area contributed by atoms with E-state index in [4.69, 9.17) is 9.47 Å². The lowest BCUT2D eigenvalue weighted by Gasteiger charge is -2.13. The van der Waals surface area contributed by atoms with E-state index >= 15 is 0 Å². The number of fused-ring (bicyclic) bond motifs is 1. The number of hydrogen-bond donors (Lipinski definition) is 3. The molecule has 0 spiro atoms. The molecule has 0 aliphatic rings. The Morgan fingerprint density at radius 1 is 0.872 bits per heavy atom. The number of nitrogens with zero attached hydrogens (tertiary/aromatic N) is 2. The van der Waals surface area contributed by atoms with E-state index < -0.39 is 29.2 Å². The molecular weight excluding hydrogens is 508 g/mol. The Morgan fingerprint density at radius 2 is 1.56 bits per heavy atom. The largest absolute Gasteiger partial charge is 0.497 e. The first kappa shape index (κ1) is 27.0. The van der Waals surface area contributed by atoms with Crippen molar-refractivity contribution in [3.63, 3.8) is 0 Å². The summed E-state index contributed by atoms with van der Waals surface area (Å²) >= 11 is 0. The molecule has 9 nitrogen and oxygen atoms in total. The average Bonchev–Trinajstić information content (AvgIpc) is 2.91. The van der Waals surface area contributed by atoms with E-state index in [2.05, 4.69) is 26.1 Å². The normalized spacial score (nSPS) is 11.3. The molecule has 4 aromatic rings. The molecule has 0 saturated carbocycles. The Balaban J connectivity index is 1.51. The zero-order valence-corrected chi connectivity index (χ0v) is 21.3. The lowest BCUT2D eigenvalue weighted by atomic mass is 10.2. The SMILES string of the molecule is COc1ccc2c(Oc3ccc(NC(=O)/C(=N/NC(C)C)C(=O)Nc4ccc(F)cc4)cc3F)ccnc2c1. The highest BCUT2D eigenvalue weighted by molar-refractivity contribution is 6.69. The summed E-state index contributed by atoms with van der Waals surface area (Å²) in [5.41, 5.74) is 3.09. The maximum atomic E-state index is 15.0. The Labute approximate surface area is 222 Å². The van der Waals surface area contributed by atoms with E-state index in [1.807, 2.05) is 0 Å². The molecule has 0 fully saturated rings. The molecule has 2 amide bonds. The van der Waals surface area contributed by atoms with Crippen molar-refractivity contribution in [3.8, 4) is 17.2 Å². The summed E-state index contributed by atoms with van der Waals surface area (Å²) in [5.74, 6) is -2.03. The van der Waals surface area contributed by atoms with Crippen LogP contribution in [-0.2, 0) is 9.59 Å². The number of carbonyl (C=O) groups is 2. The highest BCUT2D eigenvalue weighted by Crippen LogP contribution is 2.32. The molecule has 0 aliphatic carbocycles. The third kappa shape index (κ3) is 6.83. The van der Waals surface area contributed by atoms with Crippen LogP contribution in [0.5, 0.6) is 17.2 Å². The van der Waals surface area contributed by atoms with Crippen LogP contribution in [0.4, 0.5) is 20.2 Å². The molecule has 39 heavy (non-hydrogen) atoms. The first-order chi connectivity index (χ1) is 18.7. The van der Waals surface area contributed by atoms with Crippen molar-refractivity contribution in [2.75, 3.05) is 17.7 Å². The zero-order valence-electron chi connectivity index (χ0n) is 21.3. The first-order valence-electron chi connectivity index (χ1n) is 11.8. The molecule has 0 radical (unpaired) electrons. The predicted octanol–water partition coefficient (Wildman–Crippen LogP) is 5.25. The summed E-state index contributed by atoms with van der Waals surface area (Å²) in [6.45, 7) is 3.54. The quantitative estimate of drug-likeness (QED) is 0.154. The summed E-state index contributed by atoms with van der Waals surface area (Å²) in [5, 5.41) is 9.51. The molecular formula is C28H25F2N5O4. The summed E-state index contributed by atoms with van der Waals surface area (Å²) in [6.07, 6.45) is 1.53. The van der Waals surface area contributed by atoms with Gasteiger partial charge in [0.2, 0.25) is 5.71 Å². The van der Waals surface area contributed by atoms with E-state index in [0.29, 0.717) is 22.4 Å². The van der Waals surface area contributed by atoms with Gasteiger partial charge in [-0.05, 0) is 68.4 Å². The number of halogens is 2. The van der Waals surface area contributed by atoms with Gasteiger partial charge in [-0.3, -0.25) is 14.6 Å². The number of nitrogens with one attached hydrogen (secondary N) is 3. The number of ether oxygens (including phenoxy) is 2. The van der Waals surface area contributed by atoms with Crippen LogP contribution in [0.3, 0.4) is 0 Å². The first-order valence-corrected chi connectivity index (χ1v) is 11.8. The highest BCUT2D eigenvalue weighted by atomic mass is 19.1. The van der Waals surface area contributed by atoms with Gasteiger partial charge in [0.05, 0.1) is 12.6 Å². The summed E-state index contributed by atoms with van der Waals surface area (Å²) in [4.78, 5) is 30.0. The molecule has 4 rings (SSSR count). The minimum Gasteiger partial charge on any atom is -0.497 e. The van der Waals surface area contributed by atoms with Gasteiger partial charge in [0.25, 0.3) is 11.8 Å². The molecule has 0 bridgehead atoms. The van der Waals surface area contributed by atoms with Crippen LogP contribution in [0.1, 0.15) is 13.8 Å². The van der Waals surface area contributed by atoms with Crippen LogP contribution in [0.2, 0.25) is 0 Å². The molecule has 11 heteroatoms. The molecule has 1 heterocycles. The Bertz CT molecular complexity index is 1540. The van der Waals surface area contributed by atoms with Crippen molar-refractivity contribution >= 4 is 39.8 Å². The minimum absolute atomic E-state index is 0.0704. The minimum atomic E-state index is -0.884. The molecule has 3 N–H and O–H groups in total. The second-order valence-corrected chi connectivity index (χ2v) is 8.60. The van der Waals surface area contributed by atoms with E-state index in [0.717, 1.165) is 18.2 Å². The number of rotatable bonds is 9. The fraction of sp³-hybridized carbons (Fsp3) is 0.143. The standard InChI is InChI=1S/C28H25F2N5O4/c1-16(2)34-35-26(27(36)32-18-6-4-17(29)5-7-18)28(37)33-19-8-11-25(22(30)14-19)39-24-12-13-31-23-15-20(38-3)9-10-21(23)24/h4-16,34H,1-3H3,(H,32,36)(H,33,37)/b35-26+. The van der Waals surface area contributed by atoms with Gasteiger partial charge < -0.3 is 25.5 Å². The van der Waals surface area contributed by atoms with Crippen LogP contribution in [0, 0.1) is 11.6 Å². The van der Waals surface area contributed by atoms with E-state index in [1.54, 1.807) is 45.2 Å². The van der Waals surface area contributed by atoms with Crippen LogP contribution < -0.4 is 25.5 Å². The summed E-state index contributed by atoms with van der Waals surface area (Å²) in [6, 6.07) is 15.5. The van der Waals surface area contributed by atoms with Crippen molar-refractivity contribution in [3.05, 3.63) is 84.6 Å². The third-order valence-electron chi connectivity index (χ3n) is 5.29. The lowest BCUT2D eigenvalue weighted by Crippen LogP contribution is -2.36. The Morgan fingerprint density at radius 3 is 2.23 bits per heavy atom. The van der Waals surface area contributed by atoms with Crippen LogP contribution in [0.25, 0.3) is 10.9 Å². The van der Waals surface area contributed by atoms with Gasteiger partial charge in [0.15, 0.2) is 11.6 Å². The van der Waals surface area contributed by atoms with E-state index in [-0.39, 0.29) is 23.2 Å². The van der Waals surface area contributed by atoms with Crippen molar-refractivity contribution < 1.29 is 27.8 Å². The third-order valence-corrected chi connectivity index (χ3v) is 5.29. The van der Waals surface area contributed by atoms with Crippen LogP contribution in [-0.4, -0.2) is 35.7 Å². The van der Waals surface area contributed by atoms with Crippen molar-refractivity contribution in [1.29, 1.82) is 0 Å². The number of benzene rings is 3. The van der Waals surface area contributed by atoms with Crippen molar-refractivity contribution in [2.24, 2.45) is 5.10 Å². The molecule has 1 aromatic heterocycles. The fourth-order valence-electron chi connectivity index (χ4n) is 3.41. The Kier molecular flexibility index (Phi) is 8.30. The van der Waals surface area contributed by atoms with Gasteiger partial charge in [0.1, 0.15) is 17.3 Å². The van der Waals surface area contributed by atoms with Crippen molar-refractivity contribution in [1.82, 2.24) is 10.4 Å². The Hall–Kier alpha value is -5.06. The number of hydrazone groups is 1. The van der Waals surface area contributed by atoms with Gasteiger partial charge >= 0.3 is 0 Å². The topological polar surface area (TPSA) is 114 Å². The van der Waals surface area contributed by atoms with Gasteiger partial charge in [-0.2, -0.15) is 5.10 Å². The van der Waals surface area contributed by atoms with Gasteiger partial charge in [-0.25, -0.2) is 8.78 Å². The second-order valence-electron chi connectivity index (χ2n) is 8.60. The molecule has 3 aromatic carbocycles. The van der Waals surface area contributed by atoms with Crippen LogP contribution >= 0.6 is 0 Å². The summed E-state index contributed by atoms with van der Waals surface area (Å²) < 4.78 is 39.2. The number of methoxy groups -OCH3 is 1. The monoisotopic (exact) mass is 533 g/mol. The van der Waals surface area contributed by atoms with Crippen LogP contribution in [0.15, 0.2) is 78.0 Å². The number of carbonyl (C=O) groups excluding carboxylic acids is 2. The van der Waals surface area contributed by atoms with Gasteiger partial charge in [0, 0.05) is 41.1 Å². The maximum Gasteiger partial charge on any atom is 0.281 e. The molecule has 0 saturated heterocycles. The molecule has 0 unspecified atom stereocenters. The fourth-order valence-corrected chi connectivity index (χ4v) is 3.41. The lowest BCUT2D eigenvalue weighted by molar-refractivity contribution is -0.114. The van der Waals surface area contributed by atoms with Crippen molar-refractivity contribution in [2.45, 2.75) is 19.9 Å². The number of hydrogen-bond acceptors (Lipinski definition) is 7. The molecule has 0 atom stereocenters. The number of pyridine rings is 1. The smallest absolute Gasteiger partial charge is 0.281 e. The molecule has 0 aliphatic heterocycles. The number of anilines is 2. The zero-order chi connectivity index (χ0) is 27.9. The predicted molar refractivity (Wildman–Crippen MR) is 144 cm³/mol. The number of amides is 2. The second kappa shape index (κ2) is 12.0. The average molecular weight is 534 g/mol. The molecule has 200 valence electrons. The van der Waals surface area contributed by atoms with Gasteiger partial charge in [-0.15, -0.1) is 0 Å². The summed E-state index contributed by atoms with van der Waals surface area (Å²) in [7, 11) is 1.55. The van der Waals surface area contributed by atoms with Gasteiger partial charge in [-0.1, -0.05) is 0 Å². The maximum absolute atomic E-state index is 15.0. The number of aromatic nitrogens is 1. The van der Waals surface area contributed by atoms with E-state index in [1.165, 1.54) is 30.5 Å². The highest BCUT2D eigenvalue weighted by Gasteiger charge is 2.22. The van der Waals surface area contributed by atoms with E-state index in [9.17, 15) is 18.4 Å².